The monoisotopic (exact) mass is 221 g/mol. The molecular weight excluding hydrogens is 202 g/mol. The van der Waals surface area contributed by atoms with Gasteiger partial charge in [0.1, 0.15) is 0 Å². The third-order valence-corrected chi connectivity index (χ3v) is 2.87. The first-order chi connectivity index (χ1) is 7.83. The number of pyridine rings is 1. The Morgan fingerprint density at radius 3 is 3.12 bits per heavy atom. The number of ether oxygens (including phenoxy) is 1. The molecule has 1 aromatic rings. The standard InChI is InChI=1S/C12H19N3O/c1-3-4-9-7-8-13-10-5-6-11(16-2)15-12(10)14-9/h5-6,9,13H,3-4,7-8H2,1-2H3,(H,14,15). The molecule has 0 saturated heterocycles. The maximum atomic E-state index is 5.14. The van der Waals surface area contributed by atoms with Crippen LogP contribution in [0.4, 0.5) is 11.5 Å². The van der Waals surface area contributed by atoms with Gasteiger partial charge in [-0.05, 0) is 18.9 Å². The summed E-state index contributed by atoms with van der Waals surface area (Å²) in [5, 5.41) is 6.87. The molecule has 0 fully saturated rings. The lowest BCUT2D eigenvalue weighted by Gasteiger charge is -2.15. The quantitative estimate of drug-likeness (QED) is 0.823. The molecule has 2 N–H and O–H groups in total. The highest BCUT2D eigenvalue weighted by atomic mass is 16.5. The highest BCUT2D eigenvalue weighted by Crippen LogP contribution is 2.26. The minimum Gasteiger partial charge on any atom is -0.481 e. The SMILES string of the molecule is CCCC1CCNc2ccc(OC)nc2N1. The molecule has 1 atom stereocenters. The average Bonchev–Trinajstić information content (AvgIpc) is 2.50. The second kappa shape index (κ2) is 5.05. The largest absolute Gasteiger partial charge is 0.481 e. The van der Waals surface area contributed by atoms with E-state index in [-0.39, 0.29) is 0 Å². The Labute approximate surface area is 96.4 Å². The molecule has 1 aliphatic rings. The fourth-order valence-electron chi connectivity index (χ4n) is 2.02. The topological polar surface area (TPSA) is 46.2 Å². The summed E-state index contributed by atoms with van der Waals surface area (Å²) >= 11 is 0. The maximum absolute atomic E-state index is 5.14. The van der Waals surface area contributed by atoms with Crippen molar-refractivity contribution in [1.82, 2.24) is 4.98 Å². The van der Waals surface area contributed by atoms with Crippen molar-refractivity contribution in [2.45, 2.75) is 32.2 Å². The van der Waals surface area contributed by atoms with Crippen LogP contribution in [0.3, 0.4) is 0 Å². The van der Waals surface area contributed by atoms with Crippen molar-refractivity contribution in [2.24, 2.45) is 0 Å². The van der Waals surface area contributed by atoms with E-state index in [9.17, 15) is 0 Å². The number of rotatable bonds is 3. The number of hydrogen-bond donors (Lipinski definition) is 2. The fraction of sp³-hybridized carbons (Fsp3) is 0.583. The molecule has 1 unspecified atom stereocenters. The third kappa shape index (κ3) is 2.38. The molecule has 0 bridgehead atoms. The zero-order chi connectivity index (χ0) is 11.4. The molecule has 1 aromatic heterocycles. The molecule has 2 heterocycles. The zero-order valence-electron chi connectivity index (χ0n) is 9.92. The zero-order valence-corrected chi connectivity index (χ0v) is 9.92. The van der Waals surface area contributed by atoms with Crippen molar-refractivity contribution in [2.75, 3.05) is 24.3 Å². The maximum Gasteiger partial charge on any atom is 0.215 e. The van der Waals surface area contributed by atoms with E-state index in [0.717, 1.165) is 24.5 Å². The minimum absolute atomic E-state index is 0.512. The van der Waals surface area contributed by atoms with Gasteiger partial charge in [-0.2, -0.15) is 4.98 Å². The van der Waals surface area contributed by atoms with E-state index in [4.69, 9.17) is 4.74 Å². The Bertz CT molecular complexity index is 354. The number of nitrogens with one attached hydrogen (secondary N) is 2. The van der Waals surface area contributed by atoms with Crippen LogP contribution in [0.1, 0.15) is 26.2 Å². The fourth-order valence-corrected chi connectivity index (χ4v) is 2.02. The van der Waals surface area contributed by atoms with E-state index < -0.39 is 0 Å². The van der Waals surface area contributed by atoms with E-state index in [1.165, 1.54) is 12.8 Å². The Morgan fingerprint density at radius 1 is 1.50 bits per heavy atom. The van der Waals surface area contributed by atoms with Gasteiger partial charge < -0.3 is 15.4 Å². The Kier molecular flexibility index (Phi) is 3.49. The summed E-state index contributed by atoms with van der Waals surface area (Å²) in [6, 6.07) is 4.41. The normalized spacial score (nSPS) is 19.0. The first-order valence-electron chi connectivity index (χ1n) is 5.89. The summed E-state index contributed by atoms with van der Waals surface area (Å²) in [5.41, 5.74) is 1.07. The van der Waals surface area contributed by atoms with Crippen LogP contribution in [0, 0.1) is 0 Å². The van der Waals surface area contributed by atoms with Gasteiger partial charge in [-0.25, -0.2) is 0 Å². The number of nitrogens with zero attached hydrogens (tertiary/aromatic N) is 1. The van der Waals surface area contributed by atoms with Gasteiger partial charge in [-0.15, -0.1) is 0 Å². The molecule has 88 valence electrons. The van der Waals surface area contributed by atoms with E-state index in [0.29, 0.717) is 11.9 Å². The van der Waals surface area contributed by atoms with Crippen molar-refractivity contribution in [1.29, 1.82) is 0 Å². The van der Waals surface area contributed by atoms with Crippen molar-refractivity contribution in [3.05, 3.63) is 12.1 Å². The van der Waals surface area contributed by atoms with E-state index in [1.807, 2.05) is 12.1 Å². The Morgan fingerprint density at radius 2 is 2.38 bits per heavy atom. The molecular formula is C12H19N3O. The number of anilines is 2. The van der Waals surface area contributed by atoms with Crippen LogP contribution in [-0.4, -0.2) is 24.7 Å². The number of fused-ring (bicyclic) bond motifs is 1. The van der Waals surface area contributed by atoms with Gasteiger partial charge in [0.15, 0.2) is 5.82 Å². The molecule has 0 aromatic carbocycles. The van der Waals surface area contributed by atoms with Gasteiger partial charge in [0, 0.05) is 18.7 Å². The van der Waals surface area contributed by atoms with Crippen molar-refractivity contribution >= 4 is 11.5 Å². The molecule has 0 radical (unpaired) electrons. The molecule has 1 aliphatic heterocycles. The van der Waals surface area contributed by atoms with Gasteiger partial charge in [0.05, 0.1) is 12.8 Å². The van der Waals surface area contributed by atoms with Crippen LogP contribution in [0.15, 0.2) is 12.1 Å². The van der Waals surface area contributed by atoms with Crippen molar-refractivity contribution in [3.8, 4) is 5.88 Å². The van der Waals surface area contributed by atoms with E-state index >= 15 is 0 Å². The lowest BCUT2D eigenvalue weighted by Crippen LogP contribution is -2.19. The summed E-state index contributed by atoms with van der Waals surface area (Å²) in [4.78, 5) is 4.43. The van der Waals surface area contributed by atoms with Gasteiger partial charge >= 0.3 is 0 Å². The lowest BCUT2D eigenvalue weighted by molar-refractivity contribution is 0.398. The Balaban J connectivity index is 2.19. The first-order valence-corrected chi connectivity index (χ1v) is 5.89. The molecule has 2 rings (SSSR count). The average molecular weight is 221 g/mol. The molecule has 0 amide bonds. The molecule has 4 nitrogen and oxygen atoms in total. The summed E-state index contributed by atoms with van der Waals surface area (Å²) in [6.07, 6.45) is 3.50. The van der Waals surface area contributed by atoms with Gasteiger partial charge in [-0.3, -0.25) is 0 Å². The van der Waals surface area contributed by atoms with Gasteiger partial charge in [0.2, 0.25) is 5.88 Å². The highest BCUT2D eigenvalue weighted by Gasteiger charge is 2.16. The predicted molar refractivity (Wildman–Crippen MR) is 66.2 cm³/mol. The molecule has 16 heavy (non-hydrogen) atoms. The summed E-state index contributed by atoms with van der Waals surface area (Å²) in [5.74, 6) is 1.57. The summed E-state index contributed by atoms with van der Waals surface area (Å²) in [7, 11) is 1.64. The van der Waals surface area contributed by atoms with Gasteiger partial charge in [-0.1, -0.05) is 13.3 Å². The molecule has 0 aliphatic carbocycles. The lowest BCUT2D eigenvalue weighted by atomic mass is 10.1. The first kappa shape index (κ1) is 11.0. The Hall–Kier alpha value is -1.45. The van der Waals surface area contributed by atoms with Crippen LogP contribution < -0.4 is 15.4 Å². The molecule has 4 heteroatoms. The summed E-state index contributed by atoms with van der Waals surface area (Å²) in [6.45, 7) is 3.21. The number of hydrogen-bond acceptors (Lipinski definition) is 4. The van der Waals surface area contributed by atoms with Crippen LogP contribution in [0.2, 0.25) is 0 Å². The predicted octanol–water partition coefficient (Wildman–Crippen LogP) is 2.49. The minimum atomic E-state index is 0.512. The van der Waals surface area contributed by atoms with E-state index in [1.54, 1.807) is 7.11 Å². The summed E-state index contributed by atoms with van der Waals surface area (Å²) < 4.78 is 5.14. The van der Waals surface area contributed by atoms with Crippen LogP contribution in [0.25, 0.3) is 0 Å². The van der Waals surface area contributed by atoms with Crippen LogP contribution in [0.5, 0.6) is 5.88 Å². The third-order valence-electron chi connectivity index (χ3n) is 2.87. The number of aromatic nitrogens is 1. The smallest absolute Gasteiger partial charge is 0.215 e. The highest BCUT2D eigenvalue weighted by molar-refractivity contribution is 5.66. The second-order valence-electron chi connectivity index (χ2n) is 4.10. The molecule has 0 spiro atoms. The molecule has 0 saturated carbocycles. The van der Waals surface area contributed by atoms with Crippen LogP contribution in [-0.2, 0) is 0 Å². The van der Waals surface area contributed by atoms with Crippen molar-refractivity contribution < 1.29 is 4.74 Å². The van der Waals surface area contributed by atoms with Crippen LogP contribution >= 0.6 is 0 Å². The van der Waals surface area contributed by atoms with E-state index in [2.05, 4.69) is 22.5 Å². The number of methoxy groups -OCH3 is 1. The second-order valence-corrected chi connectivity index (χ2v) is 4.10. The van der Waals surface area contributed by atoms with Gasteiger partial charge in [0.25, 0.3) is 0 Å². The van der Waals surface area contributed by atoms with Crippen molar-refractivity contribution in [3.63, 3.8) is 0 Å².